The molecule has 0 saturated carbocycles. The van der Waals surface area contributed by atoms with Crippen molar-refractivity contribution in [2.45, 2.75) is 26.7 Å². The van der Waals surface area contributed by atoms with E-state index in [1.807, 2.05) is 25.1 Å². The van der Waals surface area contributed by atoms with Crippen molar-refractivity contribution in [2.24, 2.45) is 5.92 Å². The molecule has 0 bridgehead atoms. The van der Waals surface area contributed by atoms with Crippen LogP contribution in [0.1, 0.15) is 25.6 Å². The van der Waals surface area contributed by atoms with Crippen molar-refractivity contribution in [1.82, 2.24) is 9.97 Å². The number of hydrogen-bond acceptors (Lipinski definition) is 5. The minimum Gasteiger partial charge on any atom is -0.368 e. The standard InChI is InChI=1S/C21H28ClN5/c1-16-6-8-26(9-7-16)20-15-21(24-17(2)23-20)27-12-10-25(11-13-27)19-5-3-4-18(22)14-19/h3-5,14-16H,6-13H2,1-2H3. The Morgan fingerprint density at radius 3 is 2.07 bits per heavy atom. The number of benzene rings is 1. The van der Waals surface area contributed by atoms with Crippen molar-refractivity contribution in [3.05, 3.63) is 41.2 Å². The molecule has 6 heteroatoms. The number of nitrogens with zero attached hydrogens (tertiary/aromatic N) is 5. The zero-order chi connectivity index (χ0) is 18.8. The molecule has 0 radical (unpaired) electrons. The van der Waals surface area contributed by atoms with E-state index in [1.165, 1.54) is 18.5 Å². The molecular formula is C21H28ClN5. The summed E-state index contributed by atoms with van der Waals surface area (Å²) in [4.78, 5) is 16.6. The lowest BCUT2D eigenvalue weighted by molar-refractivity contribution is 0.436. The summed E-state index contributed by atoms with van der Waals surface area (Å²) in [5, 5.41) is 0.793. The van der Waals surface area contributed by atoms with Crippen molar-refractivity contribution < 1.29 is 0 Å². The minimum absolute atomic E-state index is 0.793. The normalized spacial score (nSPS) is 18.9. The summed E-state index contributed by atoms with van der Waals surface area (Å²) in [6.07, 6.45) is 2.49. The van der Waals surface area contributed by atoms with Gasteiger partial charge in [0.05, 0.1) is 0 Å². The third-order valence-electron chi connectivity index (χ3n) is 5.70. The first-order valence-corrected chi connectivity index (χ1v) is 10.3. The molecule has 2 fully saturated rings. The molecule has 2 saturated heterocycles. The van der Waals surface area contributed by atoms with Gasteiger partial charge in [0.25, 0.3) is 0 Å². The van der Waals surface area contributed by atoms with Crippen molar-refractivity contribution >= 4 is 28.9 Å². The second kappa shape index (κ2) is 7.93. The second-order valence-corrected chi connectivity index (χ2v) is 8.19. The molecular weight excluding hydrogens is 358 g/mol. The first-order chi connectivity index (χ1) is 13.1. The summed E-state index contributed by atoms with van der Waals surface area (Å²) in [5.41, 5.74) is 1.20. The largest absolute Gasteiger partial charge is 0.368 e. The van der Waals surface area contributed by atoms with Gasteiger partial charge in [-0.05, 0) is 43.9 Å². The van der Waals surface area contributed by atoms with Gasteiger partial charge >= 0.3 is 0 Å². The van der Waals surface area contributed by atoms with Crippen molar-refractivity contribution in [2.75, 3.05) is 54.0 Å². The lowest BCUT2D eigenvalue weighted by Crippen LogP contribution is -2.47. The van der Waals surface area contributed by atoms with E-state index in [2.05, 4.69) is 33.8 Å². The predicted octanol–water partition coefficient (Wildman–Crippen LogP) is 4.00. The molecule has 2 aromatic rings. The van der Waals surface area contributed by atoms with E-state index in [0.717, 1.165) is 67.7 Å². The minimum atomic E-state index is 0.793. The number of anilines is 3. The fourth-order valence-corrected chi connectivity index (χ4v) is 4.15. The quantitative estimate of drug-likeness (QED) is 0.797. The van der Waals surface area contributed by atoms with Crippen molar-refractivity contribution in [1.29, 1.82) is 0 Å². The van der Waals surface area contributed by atoms with Gasteiger partial charge in [0.2, 0.25) is 0 Å². The second-order valence-electron chi connectivity index (χ2n) is 7.76. The van der Waals surface area contributed by atoms with E-state index in [9.17, 15) is 0 Å². The molecule has 0 N–H and O–H groups in total. The average Bonchev–Trinajstić information content (AvgIpc) is 2.68. The maximum absolute atomic E-state index is 6.15. The van der Waals surface area contributed by atoms with Crippen molar-refractivity contribution in [3.63, 3.8) is 0 Å². The van der Waals surface area contributed by atoms with E-state index in [0.29, 0.717) is 0 Å². The zero-order valence-electron chi connectivity index (χ0n) is 16.2. The molecule has 0 atom stereocenters. The molecule has 1 aromatic heterocycles. The van der Waals surface area contributed by atoms with Crippen LogP contribution in [0.3, 0.4) is 0 Å². The van der Waals surface area contributed by atoms with Crippen molar-refractivity contribution in [3.8, 4) is 0 Å². The first-order valence-electron chi connectivity index (χ1n) is 9.94. The highest BCUT2D eigenvalue weighted by atomic mass is 35.5. The van der Waals surface area contributed by atoms with Crippen LogP contribution in [0.15, 0.2) is 30.3 Å². The SMILES string of the molecule is Cc1nc(N2CCC(C)CC2)cc(N2CCN(c3cccc(Cl)c3)CC2)n1. The van der Waals surface area contributed by atoms with E-state index in [1.54, 1.807) is 0 Å². The fraction of sp³-hybridized carbons (Fsp3) is 0.524. The molecule has 27 heavy (non-hydrogen) atoms. The van der Waals surface area contributed by atoms with Gasteiger partial charge in [-0.15, -0.1) is 0 Å². The number of rotatable bonds is 3. The van der Waals surface area contributed by atoms with Crippen LogP contribution >= 0.6 is 11.6 Å². The van der Waals surface area contributed by atoms with Gasteiger partial charge in [0.1, 0.15) is 17.5 Å². The summed E-state index contributed by atoms with van der Waals surface area (Å²) in [6.45, 7) is 10.4. The Balaban J connectivity index is 1.45. The maximum Gasteiger partial charge on any atom is 0.134 e. The van der Waals surface area contributed by atoms with Crippen LogP contribution in [0.2, 0.25) is 5.02 Å². The van der Waals surface area contributed by atoms with Crippen LogP contribution in [0.4, 0.5) is 17.3 Å². The van der Waals surface area contributed by atoms with Gasteiger partial charge in [0, 0.05) is 56.0 Å². The van der Waals surface area contributed by atoms with E-state index < -0.39 is 0 Å². The number of piperidine rings is 1. The third kappa shape index (κ3) is 4.29. The van der Waals surface area contributed by atoms with Crippen LogP contribution in [0, 0.1) is 12.8 Å². The molecule has 1 aromatic carbocycles. The summed E-state index contributed by atoms with van der Waals surface area (Å²) in [7, 11) is 0. The Hall–Kier alpha value is -2.01. The number of halogens is 1. The Kier molecular flexibility index (Phi) is 5.39. The molecule has 5 nitrogen and oxygen atoms in total. The van der Waals surface area contributed by atoms with E-state index in [-0.39, 0.29) is 0 Å². The monoisotopic (exact) mass is 385 g/mol. The molecule has 3 heterocycles. The lowest BCUT2D eigenvalue weighted by atomic mass is 9.99. The van der Waals surface area contributed by atoms with Gasteiger partial charge in [-0.25, -0.2) is 9.97 Å². The number of aryl methyl sites for hydroxylation is 1. The smallest absolute Gasteiger partial charge is 0.134 e. The third-order valence-corrected chi connectivity index (χ3v) is 5.93. The van der Waals surface area contributed by atoms with Crippen LogP contribution in [0.25, 0.3) is 0 Å². The summed E-state index contributed by atoms with van der Waals surface area (Å²) < 4.78 is 0. The molecule has 2 aliphatic heterocycles. The van der Waals surface area contributed by atoms with Crippen LogP contribution in [-0.2, 0) is 0 Å². The van der Waals surface area contributed by atoms with Crippen LogP contribution in [0.5, 0.6) is 0 Å². The summed E-state index contributed by atoms with van der Waals surface area (Å²) in [6, 6.07) is 10.3. The highest BCUT2D eigenvalue weighted by Crippen LogP contribution is 2.26. The predicted molar refractivity (Wildman–Crippen MR) is 113 cm³/mol. The Morgan fingerprint density at radius 2 is 1.44 bits per heavy atom. The Bertz CT molecular complexity index is 780. The molecule has 0 aliphatic carbocycles. The van der Waals surface area contributed by atoms with Gasteiger partial charge < -0.3 is 14.7 Å². The molecule has 0 spiro atoms. The fourth-order valence-electron chi connectivity index (χ4n) is 3.96. The Morgan fingerprint density at radius 1 is 0.852 bits per heavy atom. The van der Waals surface area contributed by atoms with Crippen LogP contribution in [-0.4, -0.2) is 49.2 Å². The van der Waals surface area contributed by atoms with Gasteiger partial charge in [0.15, 0.2) is 0 Å². The first kappa shape index (κ1) is 18.4. The number of piperazine rings is 1. The average molecular weight is 386 g/mol. The number of aromatic nitrogens is 2. The molecule has 144 valence electrons. The molecule has 0 unspecified atom stereocenters. The summed E-state index contributed by atoms with van der Waals surface area (Å²) >= 11 is 6.15. The number of hydrogen-bond donors (Lipinski definition) is 0. The van der Waals surface area contributed by atoms with E-state index in [4.69, 9.17) is 21.6 Å². The van der Waals surface area contributed by atoms with Crippen LogP contribution < -0.4 is 14.7 Å². The highest BCUT2D eigenvalue weighted by Gasteiger charge is 2.22. The maximum atomic E-state index is 6.15. The zero-order valence-corrected chi connectivity index (χ0v) is 17.0. The molecule has 2 aliphatic rings. The lowest BCUT2D eigenvalue weighted by Gasteiger charge is -2.37. The highest BCUT2D eigenvalue weighted by molar-refractivity contribution is 6.30. The summed E-state index contributed by atoms with van der Waals surface area (Å²) in [5.74, 6) is 3.82. The topological polar surface area (TPSA) is 35.5 Å². The van der Waals surface area contributed by atoms with E-state index >= 15 is 0 Å². The van der Waals surface area contributed by atoms with Gasteiger partial charge in [-0.2, -0.15) is 0 Å². The van der Waals surface area contributed by atoms with Gasteiger partial charge in [-0.3, -0.25) is 0 Å². The van der Waals surface area contributed by atoms with Gasteiger partial charge in [-0.1, -0.05) is 24.6 Å². The Labute approximate surface area is 167 Å². The molecule has 4 rings (SSSR count). The molecule has 0 amide bonds.